The number of nitrogens with zero attached hydrogens (tertiary/aromatic N) is 3. The molecule has 0 spiro atoms. The summed E-state index contributed by atoms with van der Waals surface area (Å²) in [6.07, 6.45) is -1.68. The molecule has 0 aliphatic carbocycles. The SMILES string of the molecule is COc1ccc(-c2cc(C(F)(F)F)nc(SCC(=O)N3[C@H](C)CCC[C@H]3C)n2)cc1. The van der Waals surface area contributed by atoms with Crippen LogP contribution >= 0.6 is 11.8 Å². The number of carbonyl (C=O) groups is 1. The summed E-state index contributed by atoms with van der Waals surface area (Å²) in [6, 6.07) is 7.75. The Balaban J connectivity index is 1.83. The van der Waals surface area contributed by atoms with Crippen molar-refractivity contribution in [2.75, 3.05) is 12.9 Å². The summed E-state index contributed by atoms with van der Waals surface area (Å²) in [6.45, 7) is 4.00. The summed E-state index contributed by atoms with van der Waals surface area (Å²) in [5, 5.41) is -0.0682. The lowest BCUT2D eigenvalue weighted by molar-refractivity contribution is -0.141. The second-order valence-corrected chi connectivity index (χ2v) is 8.31. The van der Waals surface area contributed by atoms with Crippen molar-refractivity contribution < 1.29 is 22.7 Å². The molecule has 5 nitrogen and oxygen atoms in total. The molecule has 1 aromatic carbocycles. The smallest absolute Gasteiger partial charge is 0.433 e. The van der Waals surface area contributed by atoms with E-state index < -0.39 is 11.9 Å². The standard InChI is InChI=1S/C21H24F3N3O2S/c1-13-5-4-6-14(2)27(13)19(28)12-30-20-25-17(11-18(26-20)21(22,23)24)15-7-9-16(29-3)10-8-15/h7-11,13-14H,4-6,12H2,1-3H3/t13-,14-/m1/s1. The monoisotopic (exact) mass is 439 g/mol. The normalized spacial score (nSPS) is 19.6. The maximum absolute atomic E-state index is 13.4. The van der Waals surface area contributed by atoms with E-state index in [-0.39, 0.29) is 34.6 Å². The molecular weight excluding hydrogens is 415 g/mol. The van der Waals surface area contributed by atoms with Gasteiger partial charge in [-0.2, -0.15) is 13.2 Å². The van der Waals surface area contributed by atoms with Crippen LogP contribution in [0.15, 0.2) is 35.5 Å². The first-order valence-corrected chi connectivity index (χ1v) is 10.7. The molecule has 0 N–H and O–H groups in total. The lowest BCUT2D eigenvalue weighted by Crippen LogP contribution is -2.48. The van der Waals surface area contributed by atoms with Crippen molar-refractivity contribution in [3.63, 3.8) is 0 Å². The van der Waals surface area contributed by atoms with Crippen molar-refractivity contribution in [2.24, 2.45) is 0 Å². The van der Waals surface area contributed by atoms with Crippen molar-refractivity contribution in [3.05, 3.63) is 36.0 Å². The van der Waals surface area contributed by atoms with Gasteiger partial charge in [-0.15, -0.1) is 0 Å². The highest BCUT2D eigenvalue weighted by Crippen LogP contribution is 2.33. The molecule has 162 valence electrons. The maximum Gasteiger partial charge on any atom is 0.433 e. The van der Waals surface area contributed by atoms with E-state index in [1.165, 1.54) is 7.11 Å². The van der Waals surface area contributed by atoms with Gasteiger partial charge in [0.25, 0.3) is 0 Å². The van der Waals surface area contributed by atoms with Crippen LogP contribution in [0.3, 0.4) is 0 Å². The van der Waals surface area contributed by atoms with Crippen LogP contribution in [0.25, 0.3) is 11.3 Å². The van der Waals surface area contributed by atoms with E-state index in [2.05, 4.69) is 9.97 Å². The summed E-state index contributed by atoms with van der Waals surface area (Å²) in [7, 11) is 1.51. The second-order valence-electron chi connectivity index (χ2n) is 7.37. The summed E-state index contributed by atoms with van der Waals surface area (Å²) in [4.78, 5) is 22.5. The molecule has 30 heavy (non-hydrogen) atoms. The molecule has 2 heterocycles. The van der Waals surface area contributed by atoms with E-state index in [9.17, 15) is 18.0 Å². The van der Waals surface area contributed by atoms with Gasteiger partial charge in [-0.1, -0.05) is 11.8 Å². The molecule has 1 aliphatic rings. The van der Waals surface area contributed by atoms with E-state index in [0.717, 1.165) is 37.1 Å². The van der Waals surface area contributed by atoms with Crippen LogP contribution in [0.5, 0.6) is 5.75 Å². The fourth-order valence-corrected chi connectivity index (χ4v) is 4.39. The van der Waals surface area contributed by atoms with Crippen molar-refractivity contribution in [1.29, 1.82) is 0 Å². The van der Waals surface area contributed by atoms with Crippen molar-refractivity contribution in [2.45, 2.75) is 56.5 Å². The number of halogens is 3. The molecule has 0 saturated carbocycles. The molecule has 1 fully saturated rings. The van der Waals surface area contributed by atoms with Gasteiger partial charge >= 0.3 is 6.18 Å². The van der Waals surface area contributed by atoms with E-state index in [1.54, 1.807) is 24.3 Å². The van der Waals surface area contributed by atoms with Crippen molar-refractivity contribution >= 4 is 17.7 Å². The Bertz CT molecular complexity index is 880. The number of alkyl halides is 3. The number of thioether (sulfide) groups is 1. The maximum atomic E-state index is 13.4. The lowest BCUT2D eigenvalue weighted by atomic mass is 9.98. The van der Waals surface area contributed by atoms with Crippen LogP contribution in [0.4, 0.5) is 13.2 Å². The number of hydrogen-bond acceptors (Lipinski definition) is 5. The molecule has 1 aromatic heterocycles. The summed E-state index contributed by atoms with van der Waals surface area (Å²) < 4.78 is 45.2. The Hall–Kier alpha value is -2.29. The third kappa shape index (κ3) is 5.24. The van der Waals surface area contributed by atoms with Gasteiger partial charge in [0.1, 0.15) is 11.4 Å². The summed E-state index contributed by atoms with van der Waals surface area (Å²) >= 11 is 0.935. The number of methoxy groups -OCH3 is 1. The average Bonchev–Trinajstić information content (AvgIpc) is 2.71. The second kappa shape index (κ2) is 9.24. The zero-order chi connectivity index (χ0) is 21.9. The number of piperidine rings is 1. The molecular formula is C21H24F3N3O2S. The minimum absolute atomic E-state index is 0.00194. The van der Waals surface area contributed by atoms with Crippen LogP contribution in [0.1, 0.15) is 38.8 Å². The highest BCUT2D eigenvalue weighted by molar-refractivity contribution is 7.99. The van der Waals surface area contributed by atoms with E-state index >= 15 is 0 Å². The molecule has 0 radical (unpaired) electrons. The van der Waals surface area contributed by atoms with Gasteiger partial charge in [-0.05, 0) is 63.4 Å². The quantitative estimate of drug-likeness (QED) is 0.482. The van der Waals surface area contributed by atoms with Crippen LogP contribution in [0.2, 0.25) is 0 Å². The molecule has 1 amide bonds. The molecule has 2 aromatic rings. The van der Waals surface area contributed by atoms with Gasteiger partial charge < -0.3 is 9.64 Å². The van der Waals surface area contributed by atoms with Crippen LogP contribution in [-0.2, 0) is 11.0 Å². The predicted octanol–water partition coefficient (Wildman–Crippen LogP) is 5.05. The van der Waals surface area contributed by atoms with Crippen LogP contribution in [-0.4, -0.2) is 45.7 Å². The Kier molecular flexibility index (Phi) is 6.90. The fourth-order valence-electron chi connectivity index (χ4n) is 3.66. The lowest BCUT2D eigenvalue weighted by Gasteiger charge is -2.39. The Morgan fingerprint density at radius 3 is 2.37 bits per heavy atom. The van der Waals surface area contributed by atoms with E-state index in [1.807, 2.05) is 18.7 Å². The highest BCUT2D eigenvalue weighted by Gasteiger charge is 2.34. The largest absolute Gasteiger partial charge is 0.497 e. The van der Waals surface area contributed by atoms with Crippen LogP contribution < -0.4 is 4.74 Å². The summed E-state index contributed by atoms with van der Waals surface area (Å²) in [5.74, 6) is 0.485. The minimum atomic E-state index is -4.61. The van der Waals surface area contributed by atoms with Crippen molar-refractivity contribution in [3.8, 4) is 17.0 Å². The van der Waals surface area contributed by atoms with E-state index in [0.29, 0.717) is 11.3 Å². The fraction of sp³-hybridized carbons (Fsp3) is 0.476. The third-order valence-electron chi connectivity index (χ3n) is 5.19. The molecule has 2 atom stereocenters. The highest BCUT2D eigenvalue weighted by atomic mass is 32.2. The molecule has 1 saturated heterocycles. The topological polar surface area (TPSA) is 55.3 Å². The first kappa shape index (κ1) is 22.4. The van der Waals surface area contributed by atoms with Gasteiger partial charge in [0, 0.05) is 17.6 Å². The van der Waals surface area contributed by atoms with Crippen LogP contribution in [0, 0.1) is 0 Å². The molecule has 0 bridgehead atoms. The first-order valence-electron chi connectivity index (χ1n) is 9.73. The molecule has 3 rings (SSSR count). The Morgan fingerprint density at radius 2 is 1.80 bits per heavy atom. The van der Waals surface area contributed by atoms with Gasteiger partial charge in [-0.25, -0.2) is 9.97 Å². The molecule has 9 heteroatoms. The van der Waals surface area contributed by atoms with Gasteiger partial charge in [-0.3, -0.25) is 4.79 Å². The van der Waals surface area contributed by atoms with Gasteiger partial charge in [0.2, 0.25) is 5.91 Å². The zero-order valence-electron chi connectivity index (χ0n) is 17.1. The van der Waals surface area contributed by atoms with Gasteiger partial charge in [0.05, 0.1) is 18.6 Å². The molecule has 0 unspecified atom stereocenters. The van der Waals surface area contributed by atoms with Gasteiger partial charge in [0.15, 0.2) is 5.16 Å². The number of hydrogen-bond donors (Lipinski definition) is 0. The number of aromatic nitrogens is 2. The number of likely N-dealkylation sites (tertiary alicyclic amines) is 1. The third-order valence-corrected chi connectivity index (χ3v) is 6.02. The predicted molar refractivity (Wildman–Crippen MR) is 109 cm³/mol. The number of amides is 1. The number of rotatable bonds is 5. The zero-order valence-corrected chi connectivity index (χ0v) is 17.9. The minimum Gasteiger partial charge on any atom is -0.497 e. The number of benzene rings is 1. The Morgan fingerprint density at radius 1 is 1.17 bits per heavy atom. The van der Waals surface area contributed by atoms with E-state index in [4.69, 9.17) is 4.74 Å². The number of ether oxygens (including phenoxy) is 1. The Labute approximate surface area is 178 Å². The molecule has 1 aliphatic heterocycles. The average molecular weight is 440 g/mol. The first-order chi connectivity index (χ1) is 14.2. The summed E-state index contributed by atoms with van der Waals surface area (Å²) in [5.41, 5.74) is -0.372. The number of carbonyl (C=O) groups excluding carboxylic acids is 1. The van der Waals surface area contributed by atoms with Crippen molar-refractivity contribution in [1.82, 2.24) is 14.9 Å².